The van der Waals surface area contributed by atoms with Crippen LogP contribution in [-0.2, 0) is 9.84 Å². The van der Waals surface area contributed by atoms with Crippen molar-refractivity contribution in [1.82, 2.24) is 10.2 Å². The van der Waals surface area contributed by atoms with Crippen LogP contribution in [0.25, 0.3) is 0 Å². The number of rotatable bonds is 6. The summed E-state index contributed by atoms with van der Waals surface area (Å²) in [5.41, 5.74) is -0.274. The predicted molar refractivity (Wildman–Crippen MR) is 80.5 cm³/mol. The van der Waals surface area contributed by atoms with Gasteiger partial charge in [-0.05, 0) is 25.7 Å². The summed E-state index contributed by atoms with van der Waals surface area (Å²) in [5.74, 6) is 0.993. The lowest BCUT2D eigenvalue weighted by atomic mass is 9.91. The molecule has 2 fully saturated rings. The van der Waals surface area contributed by atoms with Gasteiger partial charge in [-0.25, -0.2) is 8.42 Å². The topological polar surface area (TPSA) is 69.6 Å². The van der Waals surface area contributed by atoms with Crippen molar-refractivity contribution in [2.75, 3.05) is 31.2 Å². The summed E-state index contributed by atoms with van der Waals surface area (Å²) in [5, 5.41) is 13.5. The van der Waals surface area contributed by atoms with Gasteiger partial charge in [0.25, 0.3) is 0 Å². The number of sulfone groups is 1. The first-order chi connectivity index (χ1) is 9.28. The molecule has 1 aliphatic heterocycles. The summed E-state index contributed by atoms with van der Waals surface area (Å²) >= 11 is 0. The van der Waals surface area contributed by atoms with Crippen LogP contribution in [0.2, 0.25) is 0 Å². The van der Waals surface area contributed by atoms with Crippen molar-refractivity contribution in [3.05, 3.63) is 0 Å². The lowest BCUT2D eigenvalue weighted by molar-refractivity contribution is 0.0721. The number of hydrogen-bond acceptors (Lipinski definition) is 5. The Morgan fingerprint density at radius 3 is 2.50 bits per heavy atom. The summed E-state index contributed by atoms with van der Waals surface area (Å²) in [6.45, 7) is 7.60. The van der Waals surface area contributed by atoms with Gasteiger partial charge in [-0.2, -0.15) is 0 Å². The molecule has 2 aliphatic rings. The third-order valence-corrected chi connectivity index (χ3v) is 6.31. The molecule has 0 radical (unpaired) electrons. The molecule has 2 unspecified atom stereocenters. The quantitative estimate of drug-likeness (QED) is 0.736. The Labute approximate surface area is 122 Å². The molecule has 0 spiro atoms. The Morgan fingerprint density at radius 2 is 2.05 bits per heavy atom. The molecule has 2 rings (SSSR count). The van der Waals surface area contributed by atoms with E-state index in [4.69, 9.17) is 0 Å². The lowest BCUT2D eigenvalue weighted by Gasteiger charge is -2.43. The minimum atomic E-state index is -2.88. The van der Waals surface area contributed by atoms with Gasteiger partial charge >= 0.3 is 0 Å². The maximum atomic E-state index is 11.7. The molecular formula is C14H28N2O3S. The lowest BCUT2D eigenvalue weighted by Crippen LogP contribution is -2.63. The summed E-state index contributed by atoms with van der Waals surface area (Å²) in [6, 6.07) is 0.346. The highest BCUT2D eigenvalue weighted by molar-refractivity contribution is 7.91. The molecule has 2 atom stereocenters. The molecule has 0 bridgehead atoms. The minimum Gasteiger partial charge on any atom is -0.394 e. The van der Waals surface area contributed by atoms with E-state index in [1.807, 2.05) is 6.92 Å². The standard InChI is InChI=1S/C14H28N2O3S/c1-11(2)15-14(10-17,13-4-5-13)9-16-6-7-20(18,19)8-12(16)3/h11-13,15,17H,4-10H2,1-3H3. The Balaban J connectivity index is 2.08. The molecule has 0 aromatic rings. The van der Waals surface area contributed by atoms with Crippen LogP contribution in [-0.4, -0.2) is 67.2 Å². The van der Waals surface area contributed by atoms with Crippen molar-refractivity contribution in [2.24, 2.45) is 5.92 Å². The van der Waals surface area contributed by atoms with Crippen LogP contribution >= 0.6 is 0 Å². The maximum absolute atomic E-state index is 11.7. The number of nitrogens with one attached hydrogen (secondary N) is 1. The largest absolute Gasteiger partial charge is 0.394 e. The van der Waals surface area contributed by atoms with Crippen molar-refractivity contribution in [2.45, 2.75) is 51.2 Å². The van der Waals surface area contributed by atoms with Gasteiger partial charge < -0.3 is 10.4 Å². The van der Waals surface area contributed by atoms with Gasteiger partial charge in [0, 0.05) is 25.2 Å². The molecule has 0 aromatic carbocycles. The van der Waals surface area contributed by atoms with Crippen LogP contribution in [0.15, 0.2) is 0 Å². The SMILES string of the molecule is CC(C)NC(CO)(CN1CCS(=O)(=O)CC1C)C1CC1. The Hall–Kier alpha value is -0.170. The molecule has 5 nitrogen and oxygen atoms in total. The van der Waals surface area contributed by atoms with E-state index in [-0.39, 0.29) is 29.7 Å². The third kappa shape index (κ3) is 3.72. The van der Waals surface area contributed by atoms with Crippen molar-refractivity contribution in [1.29, 1.82) is 0 Å². The maximum Gasteiger partial charge on any atom is 0.153 e. The van der Waals surface area contributed by atoms with Gasteiger partial charge in [-0.1, -0.05) is 13.8 Å². The van der Waals surface area contributed by atoms with E-state index in [2.05, 4.69) is 24.1 Å². The first-order valence-electron chi connectivity index (χ1n) is 7.61. The van der Waals surface area contributed by atoms with Crippen molar-refractivity contribution in [3.8, 4) is 0 Å². The number of aliphatic hydroxyl groups excluding tert-OH is 1. The average Bonchev–Trinajstić information content (AvgIpc) is 3.14. The van der Waals surface area contributed by atoms with Gasteiger partial charge in [-0.3, -0.25) is 4.90 Å². The van der Waals surface area contributed by atoms with E-state index >= 15 is 0 Å². The molecule has 0 amide bonds. The molecule has 1 saturated heterocycles. The molecule has 1 saturated carbocycles. The van der Waals surface area contributed by atoms with Gasteiger partial charge in [0.2, 0.25) is 0 Å². The second kappa shape index (κ2) is 5.91. The molecule has 1 aliphatic carbocycles. The minimum absolute atomic E-state index is 0.0346. The highest BCUT2D eigenvalue weighted by atomic mass is 32.2. The van der Waals surface area contributed by atoms with Crippen molar-refractivity contribution in [3.63, 3.8) is 0 Å². The predicted octanol–water partition coefficient (Wildman–Crippen LogP) is 0.244. The monoisotopic (exact) mass is 304 g/mol. The second-order valence-corrected chi connectivity index (χ2v) is 9.05. The van der Waals surface area contributed by atoms with Crippen molar-refractivity contribution >= 4 is 9.84 Å². The highest BCUT2D eigenvalue weighted by Gasteiger charge is 2.47. The summed E-state index contributed by atoms with van der Waals surface area (Å²) in [7, 11) is -2.88. The summed E-state index contributed by atoms with van der Waals surface area (Å²) in [6.07, 6.45) is 2.31. The van der Waals surface area contributed by atoms with Gasteiger partial charge in [0.15, 0.2) is 9.84 Å². The fourth-order valence-corrected chi connectivity index (χ4v) is 4.98. The van der Waals surface area contributed by atoms with Crippen LogP contribution < -0.4 is 5.32 Å². The molecule has 6 heteroatoms. The second-order valence-electron chi connectivity index (χ2n) is 6.82. The van der Waals surface area contributed by atoms with Crippen LogP contribution in [0.1, 0.15) is 33.6 Å². The van der Waals surface area contributed by atoms with Crippen LogP contribution in [0, 0.1) is 5.92 Å². The smallest absolute Gasteiger partial charge is 0.153 e. The van der Waals surface area contributed by atoms with Gasteiger partial charge in [-0.15, -0.1) is 0 Å². The van der Waals surface area contributed by atoms with E-state index < -0.39 is 9.84 Å². The molecule has 118 valence electrons. The molecule has 0 aromatic heterocycles. The zero-order chi connectivity index (χ0) is 15.0. The first-order valence-corrected chi connectivity index (χ1v) is 9.43. The number of aliphatic hydroxyl groups is 1. The summed E-state index contributed by atoms with van der Waals surface area (Å²) in [4.78, 5) is 2.23. The van der Waals surface area contributed by atoms with Crippen LogP contribution in [0.5, 0.6) is 0 Å². The fraction of sp³-hybridized carbons (Fsp3) is 1.00. The highest BCUT2D eigenvalue weighted by Crippen LogP contribution is 2.40. The Morgan fingerprint density at radius 1 is 1.40 bits per heavy atom. The van der Waals surface area contributed by atoms with Crippen LogP contribution in [0.3, 0.4) is 0 Å². The zero-order valence-electron chi connectivity index (χ0n) is 12.8. The van der Waals surface area contributed by atoms with Gasteiger partial charge in [0.1, 0.15) is 0 Å². The molecular weight excluding hydrogens is 276 g/mol. The third-order valence-electron chi connectivity index (χ3n) is 4.51. The number of nitrogens with zero attached hydrogens (tertiary/aromatic N) is 1. The van der Waals surface area contributed by atoms with E-state index in [1.165, 1.54) is 0 Å². The first kappa shape index (κ1) is 16.2. The fourth-order valence-electron chi connectivity index (χ4n) is 3.36. The summed E-state index contributed by atoms with van der Waals surface area (Å²) < 4.78 is 23.3. The van der Waals surface area contributed by atoms with E-state index in [1.54, 1.807) is 0 Å². The van der Waals surface area contributed by atoms with Crippen LogP contribution in [0.4, 0.5) is 0 Å². The van der Waals surface area contributed by atoms with E-state index in [0.29, 0.717) is 18.5 Å². The van der Waals surface area contributed by atoms with E-state index in [9.17, 15) is 13.5 Å². The zero-order valence-corrected chi connectivity index (χ0v) is 13.6. The Kier molecular flexibility index (Phi) is 4.79. The molecule has 20 heavy (non-hydrogen) atoms. The average molecular weight is 304 g/mol. The van der Waals surface area contributed by atoms with Gasteiger partial charge in [0.05, 0.1) is 23.7 Å². The Bertz CT molecular complexity index is 434. The molecule has 2 N–H and O–H groups in total. The van der Waals surface area contributed by atoms with Crippen molar-refractivity contribution < 1.29 is 13.5 Å². The van der Waals surface area contributed by atoms with E-state index in [0.717, 1.165) is 19.4 Å². The number of hydrogen-bond donors (Lipinski definition) is 2. The molecule has 1 heterocycles. The normalized spacial score (nSPS) is 30.4.